The van der Waals surface area contributed by atoms with Crippen LogP contribution in [-0.2, 0) is 0 Å². The van der Waals surface area contributed by atoms with Crippen LogP contribution in [0.15, 0.2) is 65.8 Å². The first-order valence-electron chi connectivity index (χ1n) is 6.22. The van der Waals surface area contributed by atoms with E-state index in [1.165, 1.54) is 0 Å². The van der Waals surface area contributed by atoms with Gasteiger partial charge in [0.25, 0.3) is 0 Å². The summed E-state index contributed by atoms with van der Waals surface area (Å²) in [5.74, 6) is 0.734. The van der Waals surface area contributed by atoms with E-state index in [9.17, 15) is 0 Å². The van der Waals surface area contributed by atoms with Gasteiger partial charge in [0.2, 0.25) is 0 Å². The zero-order chi connectivity index (χ0) is 13.1. The Bertz CT molecular complexity index is 565. The summed E-state index contributed by atoms with van der Waals surface area (Å²) in [6.45, 7) is 0.653. The van der Waals surface area contributed by atoms with Crippen molar-refractivity contribution < 1.29 is 0 Å². The van der Waals surface area contributed by atoms with E-state index in [0.717, 1.165) is 17.1 Å². The van der Waals surface area contributed by atoms with Crippen LogP contribution in [0.1, 0.15) is 5.56 Å². The summed E-state index contributed by atoms with van der Waals surface area (Å²) in [6, 6.07) is 20.1. The first-order valence-corrected chi connectivity index (χ1v) is 6.22. The molecule has 1 aliphatic heterocycles. The normalized spacial score (nSPS) is 15.8. The van der Waals surface area contributed by atoms with Crippen LogP contribution < -0.4 is 10.4 Å². The molecule has 4 heteroatoms. The summed E-state index contributed by atoms with van der Waals surface area (Å²) >= 11 is 0. The molecule has 0 aliphatic carbocycles. The number of amidine groups is 1. The molecule has 1 aliphatic rings. The molecule has 2 aromatic carbocycles. The van der Waals surface area contributed by atoms with E-state index in [1.54, 1.807) is 0 Å². The molecular formula is C15H15N4. The summed E-state index contributed by atoms with van der Waals surface area (Å²) in [6.07, 6.45) is 0. The van der Waals surface area contributed by atoms with Gasteiger partial charge in [0.15, 0.2) is 5.84 Å². The molecule has 0 aromatic heterocycles. The van der Waals surface area contributed by atoms with Crippen molar-refractivity contribution in [1.29, 1.82) is 0 Å². The molecule has 0 bridgehead atoms. The van der Waals surface area contributed by atoms with Crippen LogP contribution >= 0.6 is 0 Å². The number of anilines is 1. The molecule has 2 aromatic rings. The second kappa shape index (κ2) is 5.12. The average molecular weight is 251 g/mol. The maximum absolute atomic E-state index is 4.61. The van der Waals surface area contributed by atoms with Crippen molar-refractivity contribution in [2.24, 2.45) is 5.10 Å². The van der Waals surface area contributed by atoms with E-state index in [0.29, 0.717) is 6.67 Å². The SMILES string of the molecule is CN1CN(c2ccccc2)N=C(c2ccccc2)[N]1. The number of nitrogens with zero attached hydrogens (tertiary/aromatic N) is 4. The summed E-state index contributed by atoms with van der Waals surface area (Å²) in [5, 5.41) is 8.46. The predicted molar refractivity (Wildman–Crippen MR) is 76.7 cm³/mol. The molecule has 0 atom stereocenters. The van der Waals surface area contributed by atoms with Crippen LogP contribution in [0.2, 0.25) is 0 Å². The predicted octanol–water partition coefficient (Wildman–Crippen LogP) is 2.28. The average Bonchev–Trinajstić information content (AvgIpc) is 2.48. The Morgan fingerprint density at radius 3 is 2.21 bits per heavy atom. The Morgan fingerprint density at radius 1 is 0.895 bits per heavy atom. The lowest BCUT2D eigenvalue weighted by Crippen LogP contribution is -2.46. The molecule has 0 fully saturated rings. The highest BCUT2D eigenvalue weighted by Crippen LogP contribution is 2.17. The van der Waals surface area contributed by atoms with Crippen molar-refractivity contribution >= 4 is 11.5 Å². The molecule has 19 heavy (non-hydrogen) atoms. The van der Waals surface area contributed by atoms with Crippen molar-refractivity contribution in [3.8, 4) is 0 Å². The van der Waals surface area contributed by atoms with Gasteiger partial charge >= 0.3 is 0 Å². The number of hydrazone groups is 1. The number of hydrogen-bond donors (Lipinski definition) is 0. The van der Waals surface area contributed by atoms with E-state index < -0.39 is 0 Å². The Kier molecular flexibility index (Phi) is 3.16. The quantitative estimate of drug-likeness (QED) is 0.820. The molecule has 0 N–H and O–H groups in total. The maximum atomic E-state index is 4.61. The molecule has 0 spiro atoms. The summed E-state index contributed by atoms with van der Waals surface area (Å²) in [4.78, 5) is 0. The molecule has 0 saturated carbocycles. The van der Waals surface area contributed by atoms with Gasteiger partial charge in [0.1, 0.15) is 6.67 Å². The lowest BCUT2D eigenvalue weighted by molar-refractivity contribution is 0.269. The van der Waals surface area contributed by atoms with E-state index in [4.69, 9.17) is 0 Å². The van der Waals surface area contributed by atoms with Crippen molar-refractivity contribution in [3.63, 3.8) is 0 Å². The summed E-state index contributed by atoms with van der Waals surface area (Å²) in [7, 11) is 1.95. The number of rotatable bonds is 2. The Labute approximate surface area is 112 Å². The van der Waals surface area contributed by atoms with Crippen molar-refractivity contribution in [2.45, 2.75) is 0 Å². The number of hydrogen-bond acceptors (Lipinski definition) is 3. The highest BCUT2D eigenvalue weighted by Gasteiger charge is 2.19. The third kappa shape index (κ3) is 2.58. The highest BCUT2D eigenvalue weighted by atomic mass is 15.7. The number of para-hydroxylation sites is 1. The van der Waals surface area contributed by atoms with Crippen LogP contribution in [0.5, 0.6) is 0 Å². The molecule has 95 valence electrons. The Morgan fingerprint density at radius 2 is 1.53 bits per heavy atom. The van der Waals surface area contributed by atoms with E-state index in [1.807, 2.05) is 77.7 Å². The zero-order valence-electron chi connectivity index (χ0n) is 10.8. The van der Waals surface area contributed by atoms with Gasteiger partial charge < -0.3 is 0 Å². The number of benzene rings is 2. The lowest BCUT2D eigenvalue weighted by atomic mass is 10.2. The van der Waals surface area contributed by atoms with Crippen molar-refractivity contribution in [3.05, 3.63) is 66.2 Å². The fourth-order valence-electron chi connectivity index (χ4n) is 2.00. The van der Waals surface area contributed by atoms with E-state index in [-0.39, 0.29) is 0 Å². The van der Waals surface area contributed by atoms with Gasteiger partial charge in [-0.2, -0.15) is 10.4 Å². The van der Waals surface area contributed by atoms with E-state index >= 15 is 0 Å². The third-order valence-electron chi connectivity index (χ3n) is 2.91. The maximum Gasteiger partial charge on any atom is 0.193 e. The van der Waals surface area contributed by atoms with Crippen LogP contribution in [0, 0.1) is 0 Å². The minimum atomic E-state index is 0.653. The van der Waals surface area contributed by atoms with Crippen molar-refractivity contribution in [1.82, 2.24) is 10.4 Å². The fourth-order valence-corrected chi connectivity index (χ4v) is 2.00. The lowest BCUT2D eigenvalue weighted by Gasteiger charge is -2.30. The van der Waals surface area contributed by atoms with Crippen molar-refractivity contribution in [2.75, 3.05) is 18.7 Å². The topological polar surface area (TPSA) is 32.9 Å². The van der Waals surface area contributed by atoms with Crippen LogP contribution in [0.4, 0.5) is 5.69 Å². The molecule has 4 nitrogen and oxygen atoms in total. The molecular weight excluding hydrogens is 236 g/mol. The third-order valence-corrected chi connectivity index (χ3v) is 2.91. The minimum absolute atomic E-state index is 0.653. The molecule has 1 heterocycles. The van der Waals surface area contributed by atoms with Gasteiger partial charge in [-0.05, 0) is 12.1 Å². The van der Waals surface area contributed by atoms with Gasteiger partial charge in [-0.1, -0.05) is 48.5 Å². The van der Waals surface area contributed by atoms with E-state index in [2.05, 4.69) is 10.5 Å². The van der Waals surface area contributed by atoms with Gasteiger partial charge in [0.05, 0.1) is 5.69 Å². The summed E-state index contributed by atoms with van der Waals surface area (Å²) < 4.78 is 0. The summed E-state index contributed by atoms with van der Waals surface area (Å²) in [5.41, 5.74) is 6.56. The van der Waals surface area contributed by atoms with Crippen LogP contribution in [-0.4, -0.2) is 24.6 Å². The molecule has 1 radical (unpaired) electrons. The van der Waals surface area contributed by atoms with Gasteiger partial charge in [-0.15, -0.1) is 5.10 Å². The van der Waals surface area contributed by atoms with Gasteiger partial charge in [0, 0.05) is 12.6 Å². The zero-order valence-corrected chi connectivity index (χ0v) is 10.8. The smallest absolute Gasteiger partial charge is 0.193 e. The largest absolute Gasteiger partial charge is 0.247 e. The van der Waals surface area contributed by atoms with Gasteiger partial charge in [-0.25, -0.2) is 5.01 Å². The minimum Gasteiger partial charge on any atom is -0.247 e. The van der Waals surface area contributed by atoms with Crippen LogP contribution in [0.25, 0.3) is 0 Å². The molecule has 0 unspecified atom stereocenters. The molecule has 0 amide bonds. The molecule has 3 rings (SSSR count). The van der Waals surface area contributed by atoms with Gasteiger partial charge in [-0.3, -0.25) is 0 Å². The first-order chi connectivity index (χ1) is 9.33. The second-order valence-electron chi connectivity index (χ2n) is 4.42. The first kappa shape index (κ1) is 11.7. The highest BCUT2D eigenvalue weighted by molar-refractivity contribution is 5.99. The molecule has 0 saturated heterocycles. The monoisotopic (exact) mass is 251 g/mol. The Balaban J connectivity index is 1.95. The second-order valence-corrected chi connectivity index (χ2v) is 4.42. The fraction of sp³-hybridized carbons (Fsp3) is 0.133. The van der Waals surface area contributed by atoms with Crippen LogP contribution in [0.3, 0.4) is 0 Å². The Hall–Kier alpha value is -2.33. The standard InChI is InChI=1S/C15H15N4/c1-18-12-19(14-10-6-3-7-11-14)17-15(16-18)13-8-4-2-5-9-13/h2-11H,12H2,1H3.